The van der Waals surface area contributed by atoms with E-state index in [0.29, 0.717) is 0 Å². The highest BCUT2D eigenvalue weighted by atomic mass is 16.3. The average Bonchev–Trinajstić information content (AvgIpc) is 2.46. The molecule has 0 heterocycles. The Morgan fingerprint density at radius 2 is 1.89 bits per heavy atom. The van der Waals surface area contributed by atoms with Crippen LogP contribution in [0.25, 0.3) is 0 Å². The first-order valence-electron chi connectivity index (χ1n) is 6.77. The normalized spacial score (nSPS) is 18.3. The summed E-state index contributed by atoms with van der Waals surface area (Å²) in [5.41, 5.74) is 0.962. The molecule has 98 valence electrons. The van der Waals surface area contributed by atoms with Crippen molar-refractivity contribution in [1.82, 2.24) is 5.32 Å². The minimum Gasteiger partial charge on any atom is -0.394 e. The van der Waals surface area contributed by atoms with Gasteiger partial charge in [0.25, 0.3) is 0 Å². The van der Waals surface area contributed by atoms with Crippen LogP contribution < -0.4 is 5.32 Å². The molecule has 0 aromatic heterocycles. The smallest absolute Gasteiger partial charge is 0.223 e. The molecule has 0 bridgehead atoms. The zero-order valence-electron chi connectivity index (χ0n) is 10.6. The number of hydrogen-bond acceptors (Lipinski definition) is 2. The van der Waals surface area contributed by atoms with Crippen LogP contribution in [0.4, 0.5) is 0 Å². The Kier molecular flexibility index (Phi) is 4.76. The number of aliphatic hydroxyl groups excluding tert-OH is 1. The molecule has 0 saturated heterocycles. The zero-order valence-corrected chi connectivity index (χ0v) is 10.6. The van der Waals surface area contributed by atoms with Gasteiger partial charge in [0.15, 0.2) is 0 Å². The van der Waals surface area contributed by atoms with Gasteiger partial charge in [-0.25, -0.2) is 0 Å². The van der Waals surface area contributed by atoms with Gasteiger partial charge >= 0.3 is 0 Å². The highest BCUT2D eigenvalue weighted by molar-refractivity contribution is 5.79. The van der Waals surface area contributed by atoms with E-state index < -0.39 is 0 Å². The molecule has 1 aliphatic carbocycles. The number of amides is 1. The van der Waals surface area contributed by atoms with Crippen LogP contribution in [0.5, 0.6) is 0 Å². The van der Waals surface area contributed by atoms with Crippen molar-refractivity contribution in [3.05, 3.63) is 35.9 Å². The molecule has 0 aliphatic heterocycles. The minimum absolute atomic E-state index is 0.0531. The van der Waals surface area contributed by atoms with Gasteiger partial charge in [-0.2, -0.15) is 0 Å². The Hall–Kier alpha value is -1.35. The van der Waals surface area contributed by atoms with Gasteiger partial charge in [-0.15, -0.1) is 0 Å². The molecule has 18 heavy (non-hydrogen) atoms. The third kappa shape index (κ3) is 3.33. The van der Waals surface area contributed by atoms with Crippen LogP contribution in [0.3, 0.4) is 0 Å². The Morgan fingerprint density at radius 1 is 1.22 bits per heavy atom. The van der Waals surface area contributed by atoms with Gasteiger partial charge in [0.1, 0.15) is 0 Å². The lowest BCUT2D eigenvalue weighted by Crippen LogP contribution is -2.36. The lowest BCUT2D eigenvalue weighted by molar-refractivity contribution is -0.127. The first kappa shape index (κ1) is 13.1. The van der Waals surface area contributed by atoms with Crippen LogP contribution in [0.15, 0.2) is 30.3 Å². The summed E-state index contributed by atoms with van der Waals surface area (Å²) >= 11 is 0. The molecular weight excluding hydrogens is 226 g/mol. The topological polar surface area (TPSA) is 49.3 Å². The molecule has 1 aromatic carbocycles. The largest absolute Gasteiger partial charge is 0.394 e. The molecule has 1 atom stereocenters. The van der Waals surface area contributed by atoms with Gasteiger partial charge < -0.3 is 10.4 Å². The van der Waals surface area contributed by atoms with Crippen molar-refractivity contribution >= 4 is 5.91 Å². The Bertz CT molecular complexity index is 371. The Labute approximate surface area is 108 Å². The van der Waals surface area contributed by atoms with Crippen LogP contribution in [-0.2, 0) is 4.79 Å². The number of benzene rings is 1. The van der Waals surface area contributed by atoms with E-state index in [-0.39, 0.29) is 24.5 Å². The zero-order chi connectivity index (χ0) is 12.8. The first-order valence-corrected chi connectivity index (χ1v) is 6.77. The molecule has 2 rings (SSSR count). The molecule has 0 radical (unpaired) electrons. The minimum atomic E-state index is -0.277. The van der Waals surface area contributed by atoms with Gasteiger partial charge in [-0.05, 0) is 18.4 Å². The fourth-order valence-corrected chi connectivity index (χ4v) is 2.57. The van der Waals surface area contributed by atoms with Crippen LogP contribution in [-0.4, -0.2) is 17.6 Å². The fourth-order valence-electron chi connectivity index (χ4n) is 2.57. The summed E-state index contributed by atoms with van der Waals surface area (Å²) in [7, 11) is 0. The second-order valence-corrected chi connectivity index (χ2v) is 4.99. The van der Waals surface area contributed by atoms with Gasteiger partial charge in [0.2, 0.25) is 5.91 Å². The summed E-state index contributed by atoms with van der Waals surface area (Å²) in [6.07, 6.45) is 5.50. The summed E-state index contributed by atoms with van der Waals surface area (Å²) in [5, 5.41) is 12.4. The second kappa shape index (κ2) is 6.55. The van der Waals surface area contributed by atoms with Crippen LogP contribution in [0.1, 0.15) is 43.7 Å². The van der Waals surface area contributed by atoms with E-state index >= 15 is 0 Å². The number of hydrogen-bond donors (Lipinski definition) is 2. The quantitative estimate of drug-likeness (QED) is 0.858. The number of rotatable bonds is 4. The predicted molar refractivity (Wildman–Crippen MR) is 71.0 cm³/mol. The van der Waals surface area contributed by atoms with Crippen LogP contribution in [0.2, 0.25) is 0 Å². The molecule has 1 saturated carbocycles. The van der Waals surface area contributed by atoms with Gasteiger partial charge in [-0.3, -0.25) is 4.79 Å². The van der Waals surface area contributed by atoms with Crippen molar-refractivity contribution in [3.63, 3.8) is 0 Å². The third-order valence-electron chi connectivity index (χ3n) is 3.68. The fraction of sp³-hybridized carbons (Fsp3) is 0.533. The maximum absolute atomic E-state index is 12.1. The SMILES string of the molecule is O=C(N[C@@H](CO)c1ccccc1)C1CCCCC1. The van der Waals surface area contributed by atoms with Gasteiger partial charge in [-0.1, -0.05) is 49.6 Å². The van der Waals surface area contributed by atoms with E-state index in [1.807, 2.05) is 30.3 Å². The molecule has 1 aromatic rings. The molecule has 0 unspecified atom stereocenters. The number of carbonyl (C=O) groups is 1. The molecule has 3 nitrogen and oxygen atoms in total. The van der Waals surface area contributed by atoms with E-state index in [1.54, 1.807) is 0 Å². The van der Waals surface area contributed by atoms with Gasteiger partial charge in [0, 0.05) is 5.92 Å². The molecule has 3 heteroatoms. The van der Waals surface area contributed by atoms with Crippen molar-refractivity contribution in [3.8, 4) is 0 Å². The third-order valence-corrected chi connectivity index (χ3v) is 3.68. The molecular formula is C15H21NO2. The molecule has 2 N–H and O–H groups in total. The van der Waals surface area contributed by atoms with E-state index in [1.165, 1.54) is 6.42 Å². The highest BCUT2D eigenvalue weighted by Crippen LogP contribution is 2.24. The van der Waals surface area contributed by atoms with Crippen molar-refractivity contribution in [2.75, 3.05) is 6.61 Å². The molecule has 1 fully saturated rings. The van der Waals surface area contributed by atoms with Crippen LogP contribution >= 0.6 is 0 Å². The molecule has 0 spiro atoms. The highest BCUT2D eigenvalue weighted by Gasteiger charge is 2.23. The summed E-state index contributed by atoms with van der Waals surface area (Å²) < 4.78 is 0. The van der Waals surface area contributed by atoms with E-state index in [2.05, 4.69) is 5.32 Å². The van der Waals surface area contributed by atoms with Crippen molar-refractivity contribution in [1.29, 1.82) is 0 Å². The van der Waals surface area contributed by atoms with Crippen molar-refractivity contribution < 1.29 is 9.90 Å². The second-order valence-electron chi connectivity index (χ2n) is 4.99. The lowest BCUT2D eigenvalue weighted by atomic mass is 9.88. The monoisotopic (exact) mass is 247 g/mol. The van der Waals surface area contributed by atoms with E-state index in [9.17, 15) is 9.90 Å². The standard InChI is InChI=1S/C15H21NO2/c17-11-14(12-7-3-1-4-8-12)16-15(18)13-9-5-2-6-10-13/h1,3-4,7-8,13-14,17H,2,5-6,9-11H2,(H,16,18)/t14-/m0/s1. The van der Waals surface area contributed by atoms with Gasteiger partial charge in [0.05, 0.1) is 12.6 Å². The molecule has 1 aliphatic rings. The summed E-state index contributed by atoms with van der Waals surface area (Å²) in [4.78, 5) is 12.1. The summed E-state index contributed by atoms with van der Waals surface area (Å²) in [5.74, 6) is 0.231. The first-order chi connectivity index (χ1) is 8.81. The number of nitrogens with one attached hydrogen (secondary N) is 1. The maximum Gasteiger partial charge on any atom is 0.223 e. The van der Waals surface area contributed by atoms with E-state index in [0.717, 1.165) is 31.2 Å². The number of carbonyl (C=O) groups excluding carboxylic acids is 1. The average molecular weight is 247 g/mol. The molecule has 1 amide bonds. The van der Waals surface area contributed by atoms with Crippen LogP contribution in [0, 0.1) is 5.92 Å². The Morgan fingerprint density at radius 3 is 2.50 bits per heavy atom. The van der Waals surface area contributed by atoms with Crippen molar-refractivity contribution in [2.24, 2.45) is 5.92 Å². The maximum atomic E-state index is 12.1. The summed E-state index contributed by atoms with van der Waals surface area (Å²) in [6.45, 7) is -0.0531. The number of aliphatic hydroxyl groups is 1. The lowest BCUT2D eigenvalue weighted by Gasteiger charge is -2.24. The van der Waals surface area contributed by atoms with E-state index in [4.69, 9.17) is 0 Å². The Balaban J connectivity index is 1.95. The van der Waals surface area contributed by atoms with Crippen molar-refractivity contribution in [2.45, 2.75) is 38.1 Å². The summed E-state index contributed by atoms with van der Waals surface area (Å²) in [6, 6.07) is 9.36. The predicted octanol–water partition coefficient (Wildman–Crippen LogP) is 2.42.